The van der Waals surface area contributed by atoms with Crippen LogP contribution in [-0.2, 0) is 16.0 Å². The smallest absolute Gasteiger partial charge is 0.191 e. The lowest BCUT2D eigenvalue weighted by Crippen LogP contribution is -2.45. The lowest BCUT2D eigenvalue weighted by atomic mass is 9.87. The van der Waals surface area contributed by atoms with Gasteiger partial charge in [-0.25, -0.2) is 4.99 Å². The fourth-order valence-electron chi connectivity index (χ4n) is 3.65. The molecule has 0 spiro atoms. The molecule has 6 nitrogen and oxygen atoms in total. The number of halogens is 1. The lowest BCUT2D eigenvalue weighted by molar-refractivity contribution is -0.0505. The van der Waals surface area contributed by atoms with E-state index in [1.165, 1.54) is 6.42 Å². The summed E-state index contributed by atoms with van der Waals surface area (Å²) in [6.07, 6.45) is 3.61. The Kier molecular flexibility index (Phi) is 14.1. The number of hydrogen-bond donors (Lipinski definition) is 2. The zero-order chi connectivity index (χ0) is 20.9. The fraction of sp³-hybridized carbons (Fsp3) is 0.696. The molecule has 0 aromatic heterocycles. The number of benzene rings is 1. The molecule has 1 heterocycles. The first-order valence-corrected chi connectivity index (χ1v) is 11.0. The Bertz CT molecular complexity index is 596. The molecule has 1 aromatic carbocycles. The molecule has 0 saturated carbocycles. The Hall–Kier alpha value is -1.06. The SMILES string of the molecule is CCOCCCNC(=NCc1ccc(OC)cc1)NCC1CCCOC1C(C)C.I. The number of ether oxygens (including phenoxy) is 3. The Morgan fingerprint density at radius 3 is 2.67 bits per heavy atom. The summed E-state index contributed by atoms with van der Waals surface area (Å²) in [6.45, 7) is 11.3. The normalized spacial score (nSPS) is 19.3. The minimum absolute atomic E-state index is 0. The van der Waals surface area contributed by atoms with E-state index in [4.69, 9.17) is 19.2 Å². The van der Waals surface area contributed by atoms with Gasteiger partial charge in [0.2, 0.25) is 0 Å². The van der Waals surface area contributed by atoms with E-state index in [-0.39, 0.29) is 24.0 Å². The van der Waals surface area contributed by atoms with Crippen LogP contribution < -0.4 is 15.4 Å². The van der Waals surface area contributed by atoms with Crippen molar-refractivity contribution >= 4 is 29.9 Å². The van der Waals surface area contributed by atoms with E-state index in [1.54, 1.807) is 7.11 Å². The number of nitrogens with zero attached hydrogens (tertiary/aromatic N) is 1. The van der Waals surface area contributed by atoms with Gasteiger partial charge in [0.1, 0.15) is 5.75 Å². The highest BCUT2D eigenvalue weighted by atomic mass is 127. The lowest BCUT2D eigenvalue weighted by Gasteiger charge is -2.34. The largest absolute Gasteiger partial charge is 0.497 e. The zero-order valence-corrected chi connectivity index (χ0v) is 21.3. The van der Waals surface area contributed by atoms with Crippen LogP contribution in [-0.4, -0.2) is 52.1 Å². The van der Waals surface area contributed by atoms with Crippen LogP contribution in [0, 0.1) is 11.8 Å². The first-order valence-electron chi connectivity index (χ1n) is 11.0. The molecule has 0 aliphatic carbocycles. The highest BCUT2D eigenvalue weighted by Gasteiger charge is 2.28. The van der Waals surface area contributed by atoms with Gasteiger partial charge in [0.25, 0.3) is 0 Å². The van der Waals surface area contributed by atoms with Gasteiger partial charge in [-0.2, -0.15) is 0 Å². The standard InChI is InChI=1S/C23H39N3O3.HI/c1-5-28-14-7-13-24-23(25-16-19-9-11-21(27-4)12-10-19)26-17-20-8-6-15-29-22(20)18(2)3;/h9-12,18,20,22H,5-8,13-17H2,1-4H3,(H2,24,25,26);1H. The molecule has 2 rings (SSSR count). The molecule has 7 heteroatoms. The van der Waals surface area contributed by atoms with Gasteiger partial charge in [0, 0.05) is 38.8 Å². The van der Waals surface area contributed by atoms with Gasteiger partial charge in [0.05, 0.1) is 19.8 Å². The molecule has 1 aliphatic rings. The topological polar surface area (TPSA) is 64.1 Å². The summed E-state index contributed by atoms with van der Waals surface area (Å²) < 4.78 is 16.7. The molecule has 1 fully saturated rings. The van der Waals surface area contributed by atoms with Crippen molar-refractivity contribution in [1.82, 2.24) is 10.6 Å². The van der Waals surface area contributed by atoms with E-state index >= 15 is 0 Å². The van der Waals surface area contributed by atoms with Gasteiger partial charge in [-0.3, -0.25) is 0 Å². The van der Waals surface area contributed by atoms with Crippen LogP contribution in [0.2, 0.25) is 0 Å². The summed E-state index contributed by atoms with van der Waals surface area (Å²) in [5.41, 5.74) is 1.15. The second kappa shape index (κ2) is 15.7. The molecule has 1 saturated heterocycles. The molecule has 1 aromatic rings. The third kappa shape index (κ3) is 9.83. The van der Waals surface area contributed by atoms with E-state index in [0.717, 1.165) is 63.0 Å². The first kappa shape index (κ1) is 27.0. The third-order valence-electron chi connectivity index (χ3n) is 5.22. The van der Waals surface area contributed by atoms with Crippen LogP contribution in [0.3, 0.4) is 0 Å². The van der Waals surface area contributed by atoms with Crippen molar-refractivity contribution in [3.63, 3.8) is 0 Å². The van der Waals surface area contributed by atoms with Crippen LogP contribution in [0.15, 0.2) is 29.3 Å². The van der Waals surface area contributed by atoms with Gasteiger partial charge >= 0.3 is 0 Å². The highest BCUT2D eigenvalue weighted by molar-refractivity contribution is 14.0. The zero-order valence-electron chi connectivity index (χ0n) is 19.0. The second-order valence-electron chi connectivity index (χ2n) is 7.85. The van der Waals surface area contributed by atoms with Crippen molar-refractivity contribution in [3.05, 3.63) is 29.8 Å². The number of methoxy groups -OCH3 is 1. The summed E-state index contributed by atoms with van der Waals surface area (Å²) in [5.74, 6) is 2.76. The summed E-state index contributed by atoms with van der Waals surface area (Å²) in [6, 6.07) is 8.05. The summed E-state index contributed by atoms with van der Waals surface area (Å²) in [4.78, 5) is 4.79. The van der Waals surface area contributed by atoms with E-state index in [2.05, 4.69) is 36.6 Å². The molecular weight excluding hydrogens is 493 g/mol. The predicted molar refractivity (Wildman–Crippen MR) is 134 cm³/mol. The maximum atomic E-state index is 6.03. The average molecular weight is 533 g/mol. The molecule has 0 amide bonds. The molecule has 2 N–H and O–H groups in total. The van der Waals surface area contributed by atoms with Crippen molar-refractivity contribution in [3.8, 4) is 5.75 Å². The number of nitrogens with one attached hydrogen (secondary N) is 2. The van der Waals surface area contributed by atoms with Crippen LogP contribution in [0.4, 0.5) is 0 Å². The van der Waals surface area contributed by atoms with Crippen LogP contribution in [0.5, 0.6) is 5.75 Å². The summed E-state index contributed by atoms with van der Waals surface area (Å²) >= 11 is 0. The molecule has 172 valence electrons. The van der Waals surface area contributed by atoms with Crippen molar-refractivity contribution in [2.24, 2.45) is 16.8 Å². The van der Waals surface area contributed by atoms with E-state index < -0.39 is 0 Å². The van der Waals surface area contributed by atoms with Crippen molar-refractivity contribution < 1.29 is 14.2 Å². The number of guanidine groups is 1. The average Bonchev–Trinajstić information content (AvgIpc) is 2.75. The Morgan fingerprint density at radius 2 is 2.00 bits per heavy atom. The molecular formula is C23H40IN3O3. The van der Waals surface area contributed by atoms with Crippen LogP contribution in [0.25, 0.3) is 0 Å². The molecule has 30 heavy (non-hydrogen) atoms. The van der Waals surface area contributed by atoms with Crippen molar-refractivity contribution in [2.45, 2.75) is 52.7 Å². The van der Waals surface area contributed by atoms with Crippen molar-refractivity contribution in [1.29, 1.82) is 0 Å². The summed E-state index contributed by atoms with van der Waals surface area (Å²) in [5, 5.41) is 7.00. The quantitative estimate of drug-likeness (QED) is 0.193. The van der Waals surface area contributed by atoms with Gasteiger partial charge in [-0.15, -0.1) is 24.0 Å². The van der Waals surface area contributed by atoms with Crippen LogP contribution >= 0.6 is 24.0 Å². The Labute approximate surface area is 199 Å². The Balaban J connectivity index is 0.00000450. The third-order valence-corrected chi connectivity index (χ3v) is 5.22. The highest BCUT2D eigenvalue weighted by Crippen LogP contribution is 2.25. The van der Waals surface area contributed by atoms with Gasteiger partial charge in [-0.1, -0.05) is 26.0 Å². The molecule has 0 bridgehead atoms. The number of aliphatic imine (C=N–C) groups is 1. The second-order valence-corrected chi connectivity index (χ2v) is 7.85. The van der Waals surface area contributed by atoms with Crippen LogP contribution in [0.1, 0.15) is 45.6 Å². The van der Waals surface area contributed by atoms with Gasteiger partial charge in [-0.05, 0) is 49.8 Å². The number of rotatable bonds is 11. The predicted octanol–water partition coefficient (Wildman–Crippen LogP) is 4.23. The summed E-state index contributed by atoms with van der Waals surface area (Å²) in [7, 11) is 1.68. The molecule has 2 atom stereocenters. The van der Waals surface area contributed by atoms with Crippen molar-refractivity contribution in [2.75, 3.05) is 40.0 Å². The van der Waals surface area contributed by atoms with Gasteiger partial charge < -0.3 is 24.8 Å². The minimum Gasteiger partial charge on any atom is -0.497 e. The van der Waals surface area contributed by atoms with E-state index in [9.17, 15) is 0 Å². The maximum Gasteiger partial charge on any atom is 0.191 e. The molecule has 0 radical (unpaired) electrons. The molecule has 2 unspecified atom stereocenters. The number of hydrogen-bond acceptors (Lipinski definition) is 4. The monoisotopic (exact) mass is 533 g/mol. The first-order chi connectivity index (χ1) is 14.1. The Morgan fingerprint density at radius 1 is 1.23 bits per heavy atom. The van der Waals surface area contributed by atoms with E-state index in [1.807, 2.05) is 19.1 Å². The minimum atomic E-state index is 0. The fourth-order valence-corrected chi connectivity index (χ4v) is 3.65. The van der Waals surface area contributed by atoms with Gasteiger partial charge in [0.15, 0.2) is 5.96 Å². The maximum absolute atomic E-state index is 6.03. The van der Waals surface area contributed by atoms with E-state index in [0.29, 0.717) is 24.5 Å². The molecule has 1 aliphatic heterocycles.